The van der Waals surface area contributed by atoms with E-state index in [1.807, 2.05) is 11.8 Å². The molecule has 97 heavy (non-hydrogen) atoms. The second-order valence-corrected chi connectivity index (χ2v) is 31.4. The first-order chi connectivity index (χ1) is 47.9. The van der Waals surface area contributed by atoms with Crippen LogP contribution in [-0.2, 0) is 32.7 Å². The van der Waals surface area contributed by atoms with Gasteiger partial charge < -0.3 is 0 Å². The van der Waals surface area contributed by atoms with Gasteiger partial charge in [0.1, 0.15) is 0 Å². The van der Waals surface area contributed by atoms with Gasteiger partial charge in [-0.3, -0.25) is 0 Å². The summed E-state index contributed by atoms with van der Waals surface area (Å²) >= 11 is 3.64. The first-order valence-corrected chi connectivity index (χ1v) is 37.9. The van der Waals surface area contributed by atoms with Crippen LogP contribution in [0.4, 0.5) is 0 Å². The Morgan fingerprint density at radius 2 is 0.412 bits per heavy atom. The fraction of sp³-hybridized carbons (Fsp3) is 0.0217. The fourth-order valence-corrected chi connectivity index (χ4v) is 19.7. The lowest BCUT2D eigenvalue weighted by molar-refractivity contribution is 1.20. The molecule has 0 aliphatic carbocycles. The summed E-state index contributed by atoms with van der Waals surface area (Å²) in [5, 5.41) is 0. The highest BCUT2D eigenvalue weighted by atomic mass is 32.2. The van der Waals surface area contributed by atoms with Gasteiger partial charge in [-0.15, -0.1) is 0 Å². The van der Waals surface area contributed by atoms with E-state index in [1.165, 1.54) is 119 Å². The van der Waals surface area contributed by atoms with Crippen molar-refractivity contribution in [3.8, 4) is 44.5 Å². The molecule has 15 rings (SSSR count). The lowest BCUT2D eigenvalue weighted by Crippen LogP contribution is -2.07. The number of rotatable bonds is 17. The summed E-state index contributed by atoms with van der Waals surface area (Å²) in [7, 11) is -0.372. The van der Waals surface area contributed by atoms with Gasteiger partial charge in [0, 0.05) is 25.1 Å². The van der Waals surface area contributed by atoms with E-state index in [0.717, 1.165) is 0 Å². The Morgan fingerprint density at radius 3 is 0.742 bits per heavy atom. The molecule has 2 unspecified atom stereocenters. The molecular weight excluding hydrogens is 1270 g/mol. The molecule has 0 aliphatic rings. The summed E-state index contributed by atoms with van der Waals surface area (Å²) < 4.78 is 0. The number of hydrogen-bond donors (Lipinski definition) is 0. The minimum atomic E-state index is -0.189. The van der Waals surface area contributed by atoms with Crippen molar-refractivity contribution in [2.24, 2.45) is 0 Å². The van der Waals surface area contributed by atoms with E-state index in [1.54, 1.807) is 11.8 Å². The quantitative estimate of drug-likeness (QED) is 0.0834. The van der Waals surface area contributed by atoms with Crippen LogP contribution in [0.1, 0.15) is 11.1 Å². The van der Waals surface area contributed by atoms with Crippen LogP contribution >= 0.6 is 23.5 Å². The van der Waals surface area contributed by atoms with Crippen molar-refractivity contribution in [1.29, 1.82) is 0 Å². The second-order valence-electron chi connectivity index (χ2n) is 23.1. The lowest BCUT2D eigenvalue weighted by Gasteiger charge is -2.13. The summed E-state index contributed by atoms with van der Waals surface area (Å²) in [5.41, 5.74) is 12.6. The van der Waals surface area contributed by atoms with Crippen molar-refractivity contribution in [2.75, 3.05) is 0 Å². The summed E-state index contributed by atoms with van der Waals surface area (Å²) in [4.78, 5) is 17.2. The number of benzene rings is 15. The van der Waals surface area contributed by atoms with Crippen molar-refractivity contribution < 1.29 is 0 Å². The Morgan fingerprint density at radius 1 is 0.175 bits per heavy atom. The molecule has 15 aromatic rings. The topological polar surface area (TPSA) is 0 Å². The minimum Gasteiger partial charge on any atom is -0.0901 e. The molecule has 0 amide bonds. The van der Waals surface area contributed by atoms with E-state index in [9.17, 15) is 0 Å². The van der Waals surface area contributed by atoms with Crippen LogP contribution in [0.2, 0.25) is 0 Å². The zero-order valence-corrected chi connectivity index (χ0v) is 58.3. The average molecular weight is 1340 g/mol. The summed E-state index contributed by atoms with van der Waals surface area (Å²) in [6.45, 7) is 4.46. The van der Waals surface area contributed by atoms with E-state index in [2.05, 4.69) is 420 Å². The maximum absolute atomic E-state index is 2.39. The molecule has 0 spiro atoms. The maximum atomic E-state index is 2.39. The molecule has 0 N–H and O–H groups in total. The van der Waals surface area contributed by atoms with Gasteiger partial charge in [0.05, 0.1) is 32.7 Å². The first kappa shape index (κ1) is 65.7. The highest BCUT2D eigenvalue weighted by molar-refractivity contribution is 8.00. The van der Waals surface area contributed by atoms with E-state index in [-0.39, 0.29) is 32.7 Å². The standard InChI is InChI=1S/C38H31S2.C36H27S2.C18H15S/c1-28-11-9-10-16-38(28)40(35-23-19-33(20-24-35)31-14-7-4-8-15-31)36-25-26-37(29(2)27-36)39-34-21-17-32(18-22-34)30-12-5-3-6-13-30;1-4-10-28(11-5-1)30-16-20-32(21-17-30)37-33-22-26-36(27-23-33)38(34-14-8-3-9-15-34)35-24-18-31(19-25-35)29-12-6-2-7-13-29;1-4-10-16(11-5-1)19(17-12-6-2-7-13-17)18-14-8-3-9-15-18/h3-27H,1-2H3;1-27H;1-15H/q3*+1. The highest BCUT2D eigenvalue weighted by Crippen LogP contribution is 2.40. The minimum absolute atomic E-state index is 0.0146. The van der Waals surface area contributed by atoms with E-state index in [4.69, 9.17) is 0 Å². The summed E-state index contributed by atoms with van der Waals surface area (Å²) in [5.74, 6) is 0. The molecule has 0 saturated heterocycles. The third-order valence-electron chi connectivity index (χ3n) is 16.5. The zero-order chi connectivity index (χ0) is 65.8. The summed E-state index contributed by atoms with van der Waals surface area (Å²) in [6, 6.07) is 146. The van der Waals surface area contributed by atoms with Crippen molar-refractivity contribution in [1.82, 2.24) is 0 Å². The third kappa shape index (κ3) is 17.2. The van der Waals surface area contributed by atoms with Crippen LogP contribution in [0, 0.1) is 13.8 Å². The van der Waals surface area contributed by atoms with Crippen molar-refractivity contribution in [3.63, 3.8) is 0 Å². The monoisotopic (exact) mass is 1340 g/mol. The number of aryl methyl sites for hydroxylation is 2. The third-order valence-corrected chi connectivity index (χ3v) is 25.5. The van der Waals surface area contributed by atoms with E-state index >= 15 is 0 Å². The maximum Gasteiger partial charge on any atom is 0.169 e. The smallest absolute Gasteiger partial charge is 0.0901 e. The predicted octanol–water partition coefficient (Wildman–Crippen LogP) is 25.9. The van der Waals surface area contributed by atoms with Gasteiger partial charge in [-0.25, -0.2) is 0 Å². The van der Waals surface area contributed by atoms with Crippen molar-refractivity contribution in [2.45, 2.75) is 77.5 Å². The molecular formula is C92H73S5+3. The molecule has 0 nitrogen and oxygen atoms in total. The molecule has 0 aromatic heterocycles. The van der Waals surface area contributed by atoms with Gasteiger partial charge in [-0.05, 0) is 234 Å². The molecule has 0 aliphatic heterocycles. The lowest BCUT2D eigenvalue weighted by atomic mass is 10.1. The van der Waals surface area contributed by atoms with Gasteiger partial charge in [0.25, 0.3) is 0 Å². The van der Waals surface area contributed by atoms with Crippen LogP contribution in [0.15, 0.2) is 470 Å². The summed E-state index contributed by atoms with van der Waals surface area (Å²) in [6.07, 6.45) is 0. The largest absolute Gasteiger partial charge is 0.169 e. The Labute approximate surface area is 590 Å². The van der Waals surface area contributed by atoms with Gasteiger partial charge in [0.2, 0.25) is 0 Å². The van der Waals surface area contributed by atoms with Crippen LogP contribution in [0.3, 0.4) is 0 Å². The molecule has 0 heterocycles. The molecule has 0 bridgehead atoms. The van der Waals surface area contributed by atoms with Crippen molar-refractivity contribution in [3.05, 3.63) is 418 Å². The van der Waals surface area contributed by atoms with Crippen LogP contribution in [0.5, 0.6) is 0 Å². The van der Waals surface area contributed by atoms with Crippen LogP contribution in [0.25, 0.3) is 44.5 Å². The Hall–Kier alpha value is -9.95. The van der Waals surface area contributed by atoms with Crippen molar-refractivity contribution >= 4 is 56.2 Å². The Kier molecular flexibility index (Phi) is 22.4. The predicted molar refractivity (Wildman–Crippen MR) is 417 cm³/mol. The molecule has 5 heteroatoms. The number of hydrogen-bond acceptors (Lipinski definition) is 2. The van der Waals surface area contributed by atoms with Gasteiger partial charge >= 0.3 is 0 Å². The molecule has 0 radical (unpaired) electrons. The molecule has 468 valence electrons. The second kappa shape index (κ2) is 33.1. The van der Waals surface area contributed by atoms with Gasteiger partial charge in [-0.2, -0.15) is 0 Å². The highest BCUT2D eigenvalue weighted by Gasteiger charge is 2.32. The fourth-order valence-electron chi connectivity index (χ4n) is 11.5. The van der Waals surface area contributed by atoms with Crippen LogP contribution in [-0.4, -0.2) is 0 Å². The van der Waals surface area contributed by atoms with E-state index in [0.29, 0.717) is 0 Å². The van der Waals surface area contributed by atoms with Crippen LogP contribution < -0.4 is 0 Å². The zero-order valence-electron chi connectivity index (χ0n) is 54.2. The SMILES string of the molecule is Cc1cc([S+](c2ccc(-c3ccccc3)cc2)c2ccccc2C)ccc1Sc1ccc(-c2ccccc2)cc1.c1ccc(-c2ccc(Sc3ccc([S+](c4ccccc4)c4ccc(-c5ccccc5)cc4)cc3)cc2)cc1.c1ccc([S+](c2ccccc2)c2ccccc2)cc1. The Bertz CT molecular complexity index is 4760. The molecule has 15 aromatic carbocycles. The van der Waals surface area contributed by atoms with Gasteiger partial charge in [-0.1, -0.05) is 260 Å². The van der Waals surface area contributed by atoms with Gasteiger partial charge in [0.15, 0.2) is 44.1 Å². The first-order valence-electron chi connectivity index (χ1n) is 32.6. The normalized spacial score (nSPS) is 11.5. The molecule has 0 fully saturated rings. The van der Waals surface area contributed by atoms with E-state index < -0.39 is 0 Å². The molecule has 2 atom stereocenters. The average Bonchev–Trinajstić information content (AvgIpc) is 0.831. The molecule has 0 saturated carbocycles. The Balaban J connectivity index is 0.000000139.